The second-order valence-corrected chi connectivity index (χ2v) is 5.17. The topological polar surface area (TPSA) is 102 Å². The molecule has 0 aliphatic heterocycles. The van der Waals surface area contributed by atoms with E-state index in [2.05, 4.69) is 5.32 Å². The number of hydrogen-bond acceptors (Lipinski definition) is 5. The molecule has 2 rings (SSSR count). The van der Waals surface area contributed by atoms with Crippen molar-refractivity contribution in [3.8, 4) is 11.5 Å². The summed E-state index contributed by atoms with van der Waals surface area (Å²) in [7, 11) is 0. The average molecular weight is 342 g/mol. The number of nitrogens with zero attached hydrogens (tertiary/aromatic N) is 1. The first-order chi connectivity index (χ1) is 12.0. The van der Waals surface area contributed by atoms with E-state index in [0.29, 0.717) is 12.4 Å². The Hall–Kier alpha value is -3.35. The van der Waals surface area contributed by atoms with Gasteiger partial charge in [-0.3, -0.25) is 14.9 Å². The SMILES string of the molecule is CCCOc1ccccc1/C=C/C(=O)Nc1cc([N+](=O)[O-])ccc1O. The van der Waals surface area contributed by atoms with Crippen LogP contribution in [0.4, 0.5) is 11.4 Å². The van der Waals surface area contributed by atoms with Gasteiger partial charge in [0.25, 0.3) is 5.69 Å². The van der Waals surface area contributed by atoms with E-state index in [1.807, 2.05) is 19.1 Å². The van der Waals surface area contributed by atoms with Crippen LogP contribution in [0.5, 0.6) is 11.5 Å². The summed E-state index contributed by atoms with van der Waals surface area (Å²) in [5, 5.41) is 22.9. The number of nitro benzene ring substituents is 1. The second-order valence-electron chi connectivity index (χ2n) is 5.17. The molecule has 0 bridgehead atoms. The largest absolute Gasteiger partial charge is 0.506 e. The fraction of sp³-hybridized carbons (Fsp3) is 0.167. The van der Waals surface area contributed by atoms with E-state index in [0.717, 1.165) is 30.2 Å². The number of para-hydroxylation sites is 1. The lowest BCUT2D eigenvalue weighted by Gasteiger charge is -2.08. The van der Waals surface area contributed by atoms with Gasteiger partial charge >= 0.3 is 0 Å². The van der Waals surface area contributed by atoms with E-state index >= 15 is 0 Å². The number of rotatable bonds is 7. The zero-order chi connectivity index (χ0) is 18.2. The maximum Gasteiger partial charge on any atom is 0.271 e. The van der Waals surface area contributed by atoms with E-state index in [-0.39, 0.29) is 17.1 Å². The Morgan fingerprint density at radius 1 is 1.32 bits per heavy atom. The first-order valence-corrected chi connectivity index (χ1v) is 7.69. The summed E-state index contributed by atoms with van der Waals surface area (Å²) in [6, 6.07) is 10.7. The first-order valence-electron chi connectivity index (χ1n) is 7.69. The highest BCUT2D eigenvalue weighted by atomic mass is 16.6. The number of carbonyl (C=O) groups excluding carboxylic acids is 1. The number of phenolic OH excluding ortho intramolecular Hbond substituents is 1. The number of non-ortho nitro benzene ring substituents is 1. The molecule has 130 valence electrons. The molecule has 0 unspecified atom stereocenters. The molecule has 0 radical (unpaired) electrons. The van der Waals surface area contributed by atoms with Gasteiger partial charge in [-0.15, -0.1) is 0 Å². The van der Waals surface area contributed by atoms with Gasteiger partial charge in [0.1, 0.15) is 11.5 Å². The monoisotopic (exact) mass is 342 g/mol. The smallest absolute Gasteiger partial charge is 0.271 e. The van der Waals surface area contributed by atoms with Crippen LogP contribution in [0.2, 0.25) is 0 Å². The van der Waals surface area contributed by atoms with E-state index in [1.165, 1.54) is 6.08 Å². The summed E-state index contributed by atoms with van der Waals surface area (Å²) in [4.78, 5) is 22.2. The molecule has 0 aliphatic rings. The minimum absolute atomic E-state index is 0.0284. The molecule has 7 heteroatoms. The third-order valence-electron chi connectivity index (χ3n) is 3.24. The molecule has 0 saturated heterocycles. The number of ether oxygens (including phenoxy) is 1. The van der Waals surface area contributed by atoms with E-state index in [1.54, 1.807) is 18.2 Å². The molecule has 0 spiro atoms. The van der Waals surface area contributed by atoms with E-state index in [9.17, 15) is 20.0 Å². The predicted octanol–water partition coefficient (Wildman–Crippen LogP) is 3.74. The summed E-state index contributed by atoms with van der Waals surface area (Å²) >= 11 is 0. The van der Waals surface area contributed by atoms with Gasteiger partial charge in [-0.2, -0.15) is 0 Å². The van der Waals surface area contributed by atoms with Gasteiger partial charge in [0, 0.05) is 23.8 Å². The number of benzene rings is 2. The fourth-order valence-corrected chi connectivity index (χ4v) is 2.04. The van der Waals surface area contributed by atoms with Crippen LogP contribution in [0.1, 0.15) is 18.9 Å². The number of hydrogen-bond donors (Lipinski definition) is 2. The van der Waals surface area contributed by atoms with Crippen LogP contribution in [-0.2, 0) is 4.79 Å². The number of phenols is 1. The highest BCUT2D eigenvalue weighted by Crippen LogP contribution is 2.28. The third-order valence-corrected chi connectivity index (χ3v) is 3.24. The maximum absolute atomic E-state index is 12.0. The molecular formula is C18H18N2O5. The van der Waals surface area contributed by atoms with Crippen LogP contribution in [0.15, 0.2) is 48.5 Å². The Labute approximate surface area is 144 Å². The van der Waals surface area contributed by atoms with Crippen molar-refractivity contribution in [3.63, 3.8) is 0 Å². The Kier molecular flexibility index (Phi) is 6.11. The second kappa shape index (κ2) is 8.49. The van der Waals surface area contributed by atoms with Crippen molar-refractivity contribution >= 4 is 23.4 Å². The predicted molar refractivity (Wildman–Crippen MR) is 94.7 cm³/mol. The zero-order valence-electron chi connectivity index (χ0n) is 13.6. The standard InChI is InChI=1S/C18H18N2O5/c1-2-11-25-17-6-4-3-5-13(17)7-10-18(22)19-15-12-14(20(23)24)8-9-16(15)21/h3-10,12,21H,2,11H2,1H3,(H,19,22)/b10-7+. The van der Waals surface area contributed by atoms with Crippen LogP contribution < -0.4 is 10.1 Å². The van der Waals surface area contributed by atoms with Crippen molar-refractivity contribution in [2.75, 3.05) is 11.9 Å². The van der Waals surface area contributed by atoms with Crippen LogP contribution >= 0.6 is 0 Å². The summed E-state index contributed by atoms with van der Waals surface area (Å²) in [6.45, 7) is 2.57. The number of carbonyl (C=O) groups is 1. The molecule has 0 aromatic heterocycles. The van der Waals surface area contributed by atoms with Crippen molar-refractivity contribution in [3.05, 3.63) is 64.2 Å². The van der Waals surface area contributed by atoms with Crippen molar-refractivity contribution in [2.45, 2.75) is 13.3 Å². The molecule has 0 atom stereocenters. The Bertz CT molecular complexity index is 802. The highest BCUT2D eigenvalue weighted by molar-refractivity contribution is 6.03. The highest BCUT2D eigenvalue weighted by Gasteiger charge is 2.11. The zero-order valence-corrected chi connectivity index (χ0v) is 13.6. The molecule has 1 amide bonds. The molecular weight excluding hydrogens is 324 g/mol. The van der Waals surface area contributed by atoms with E-state index < -0.39 is 10.8 Å². The van der Waals surface area contributed by atoms with Gasteiger partial charge in [-0.1, -0.05) is 25.1 Å². The fourth-order valence-electron chi connectivity index (χ4n) is 2.04. The van der Waals surface area contributed by atoms with Gasteiger partial charge in [0.2, 0.25) is 5.91 Å². The normalized spacial score (nSPS) is 10.6. The average Bonchev–Trinajstić information content (AvgIpc) is 2.60. The summed E-state index contributed by atoms with van der Waals surface area (Å²) < 4.78 is 5.60. The number of anilines is 1. The van der Waals surface area contributed by atoms with Crippen LogP contribution in [0.3, 0.4) is 0 Å². The molecule has 0 fully saturated rings. The molecule has 0 aliphatic carbocycles. The van der Waals surface area contributed by atoms with Crippen molar-refractivity contribution < 1.29 is 19.6 Å². The molecule has 2 aromatic carbocycles. The Morgan fingerprint density at radius 3 is 2.80 bits per heavy atom. The van der Waals surface area contributed by atoms with Gasteiger partial charge < -0.3 is 15.2 Å². The van der Waals surface area contributed by atoms with Gasteiger partial charge in [0.05, 0.1) is 17.2 Å². The summed E-state index contributed by atoms with van der Waals surface area (Å²) in [6.07, 6.45) is 3.71. The van der Waals surface area contributed by atoms with Crippen molar-refractivity contribution in [1.82, 2.24) is 0 Å². The Morgan fingerprint density at radius 2 is 2.08 bits per heavy atom. The van der Waals surface area contributed by atoms with Crippen LogP contribution in [0, 0.1) is 10.1 Å². The van der Waals surface area contributed by atoms with Gasteiger partial charge in [0.15, 0.2) is 0 Å². The molecule has 2 aromatic rings. The summed E-state index contributed by atoms with van der Waals surface area (Å²) in [5.41, 5.74) is 0.476. The lowest BCUT2D eigenvalue weighted by Crippen LogP contribution is -2.08. The van der Waals surface area contributed by atoms with Crippen LogP contribution in [0.25, 0.3) is 6.08 Å². The Balaban J connectivity index is 2.12. The van der Waals surface area contributed by atoms with Gasteiger partial charge in [-0.05, 0) is 24.6 Å². The number of aromatic hydroxyl groups is 1. The molecule has 2 N–H and O–H groups in total. The summed E-state index contributed by atoms with van der Waals surface area (Å²) in [5.74, 6) is -0.119. The molecule has 7 nitrogen and oxygen atoms in total. The number of nitrogens with one attached hydrogen (secondary N) is 1. The van der Waals surface area contributed by atoms with E-state index in [4.69, 9.17) is 4.74 Å². The minimum atomic E-state index is -0.605. The first kappa shape index (κ1) is 18.0. The minimum Gasteiger partial charge on any atom is -0.506 e. The quantitative estimate of drug-likeness (QED) is 0.345. The number of amides is 1. The molecule has 0 saturated carbocycles. The molecule has 0 heterocycles. The number of nitro groups is 1. The van der Waals surface area contributed by atoms with Crippen molar-refractivity contribution in [1.29, 1.82) is 0 Å². The van der Waals surface area contributed by atoms with Gasteiger partial charge in [-0.25, -0.2) is 0 Å². The maximum atomic E-state index is 12.0. The lowest BCUT2D eigenvalue weighted by atomic mass is 10.2. The van der Waals surface area contributed by atoms with Crippen LogP contribution in [-0.4, -0.2) is 22.5 Å². The molecule has 25 heavy (non-hydrogen) atoms. The van der Waals surface area contributed by atoms with Crippen molar-refractivity contribution in [2.24, 2.45) is 0 Å². The third kappa shape index (κ3) is 5.07. The lowest BCUT2D eigenvalue weighted by molar-refractivity contribution is -0.384.